The first-order chi connectivity index (χ1) is 12.1. The molecule has 5 heteroatoms. The van der Waals surface area contributed by atoms with E-state index in [0.29, 0.717) is 21.4 Å². The lowest BCUT2D eigenvalue weighted by molar-refractivity contribution is 0.0734. The average Bonchev–Trinajstić information content (AvgIpc) is 2.62. The molecule has 0 bridgehead atoms. The number of aryl methyl sites for hydroxylation is 1. The third-order valence-corrected chi connectivity index (χ3v) is 5.19. The van der Waals surface area contributed by atoms with Crippen LogP contribution in [0.3, 0.4) is 0 Å². The largest absolute Gasteiger partial charge is 0.423 e. The Morgan fingerprint density at radius 2 is 1.80 bits per heavy atom. The van der Waals surface area contributed by atoms with E-state index in [-0.39, 0.29) is 5.63 Å². The van der Waals surface area contributed by atoms with Gasteiger partial charge >= 0.3 is 11.6 Å². The molecule has 0 unspecified atom stereocenters. The first-order valence-corrected chi connectivity index (χ1v) is 8.98. The Morgan fingerprint density at radius 1 is 1.04 bits per heavy atom. The summed E-state index contributed by atoms with van der Waals surface area (Å²) < 4.78 is 11.6. The van der Waals surface area contributed by atoms with E-state index in [0.717, 1.165) is 42.2 Å². The van der Waals surface area contributed by atoms with E-state index < -0.39 is 5.97 Å². The minimum Gasteiger partial charge on any atom is -0.423 e. The van der Waals surface area contributed by atoms with Gasteiger partial charge in [-0.1, -0.05) is 12.1 Å². The predicted octanol–water partition coefficient (Wildman–Crippen LogP) is 4.65. The van der Waals surface area contributed by atoms with E-state index in [1.807, 2.05) is 12.1 Å². The van der Waals surface area contributed by atoms with Crippen LogP contribution < -0.4 is 10.4 Å². The molecule has 0 saturated carbocycles. The molecule has 3 aromatic rings. The van der Waals surface area contributed by atoms with Crippen molar-refractivity contribution in [2.45, 2.75) is 25.7 Å². The zero-order valence-corrected chi connectivity index (χ0v) is 15.0. The molecular weight excluding hydrogens is 384 g/mol. The minimum absolute atomic E-state index is 0.281. The molecule has 1 aliphatic rings. The van der Waals surface area contributed by atoms with Gasteiger partial charge in [0.2, 0.25) is 0 Å². The van der Waals surface area contributed by atoms with Crippen molar-refractivity contribution >= 4 is 32.9 Å². The van der Waals surface area contributed by atoms with Crippen molar-refractivity contribution in [2.75, 3.05) is 0 Å². The molecule has 25 heavy (non-hydrogen) atoms. The summed E-state index contributed by atoms with van der Waals surface area (Å²) >= 11 is 3.34. The number of carbonyl (C=O) groups excluding carboxylic acids is 1. The summed E-state index contributed by atoms with van der Waals surface area (Å²) in [7, 11) is 0. The van der Waals surface area contributed by atoms with E-state index in [9.17, 15) is 9.59 Å². The number of ether oxygens (including phenoxy) is 1. The van der Waals surface area contributed by atoms with Crippen molar-refractivity contribution in [1.29, 1.82) is 0 Å². The summed E-state index contributed by atoms with van der Waals surface area (Å²) in [6.45, 7) is 0. The maximum absolute atomic E-state index is 12.3. The van der Waals surface area contributed by atoms with Crippen LogP contribution in [0.25, 0.3) is 11.0 Å². The van der Waals surface area contributed by atoms with Crippen molar-refractivity contribution < 1.29 is 13.9 Å². The van der Waals surface area contributed by atoms with Gasteiger partial charge in [0, 0.05) is 21.5 Å². The fourth-order valence-electron chi connectivity index (χ4n) is 3.28. The molecule has 1 aromatic heterocycles. The van der Waals surface area contributed by atoms with Crippen LogP contribution in [-0.2, 0) is 12.8 Å². The number of rotatable bonds is 2. The summed E-state index contributed by atoms with van der Waals surface area (Å²) in [6.07, 6.45) is 3.75. The fourth-order valence-corrected chi connectivity index (χ4v) is 3.72. The highest BCUT2D eigenvalue weighted by Crippen LogP contribution is 2.29. The van der Waals surface area contributed by atoms with Crippen molar-refractivity contribution in [1.82, 2.24) is 0 Å². The number of esters is 1. The van der Waals surface area contributed by atoms with Gasteiger partial charge in [-0.05, 0) is 71.4 Å². The van der Waals surface area contributed by atoms with Gasteiger partial charge in [-0.25, -0.2) is 9.59 Å². The molecule has 0 radical (unpaired) electrons. The Labute approximate surface area is 152 Å². The summed E-state index contributed by atoms with van der Waals surface area (Å²) in [5, 5.41) is 0.926. The molecule has 0 atom stereocenters. The molecule has 1 heterocycles. The Bertz CT molecular complexity index is 1040. The zero-order valence-electron chi connectivity index (χ0n) is 13.4. The van der Waals surface area contributed by atoms with Crippen LogP contribution in [0.15, 0.2) is 56.1 Å². The first kappa shape index (κ1) is 16.1. The molecule has 1 aliphatic carbocycles. The van der Waals surface area contributed by atoms with Gasteiger partial charge in [0.05, 0.1) is 5.56 Å². The van der Waals surface area contributed by atoms with Gasteiger partial charge in [0.15, 0.2) is 0 Å². The lowest BCUT2D eigenvalue weighted by Gasteiger charge is -2.16. The van der Waals surface area contributed by atoms with E-state index in [4.69, 9.17) is 9.15 Å². The molecule has 0 saturated heterocycles. The van der Waals surface area contributed by atoms with Gasteiger partial charge in [0.25, 0.3) is 0 Å². The molecule has 0 fully saturated rings. The average molecular weight is 399 g/mol. The smallest absolute Gasteiger partial charge is 0.344 e. The molecule has 0 aliphatic heterocycles. The maximum atomic E-state index is 12.3. The Balaban J connectivity index is 1.71. The molecule has 0 amide bonds. The Kier molecular flexibility index (Phi) is 4.17. The van der Waals surface area contributed by atoms with Gasteiger partial charge < -0.3 is 9.15 Å². The first-order valence-electron chi connectivity index (χ1n) is 8.19. The van der Waals surface area contributed by atoms with E-state index >= 15 is 0 Å². The molecule has 0 N–H and O–H groups in total. The molecule has 4 rings (SSSR count). The van der Waals surface area contributed by atoms with Crippen molar-refractivity contribution in [2.24, 2.45) is 0 Å². The zero-order chi connectivity index (χ0) is 17.4. The lowest BCUT2D eigenvalue weighted by Crippen LogP contribution is -2.16. The van der Waals surface area contributed by atoms with Crippen LogP contribution in [0.5, 0.6) is 5.75 Å². The number of benzene rings is 2. The van der Waals surface area contributed by atoms with Crippen LogP contribution >= 0.6 is 15.9 Å². The van der Waals surface area contributed by atoms with Gasteiger partial charge in [0.1, 0.15) is 11.3 Å². The van der Waals surface area contributed by atoms with Crippen LogP contribution in [-0.4, -0.2) is 5.97 Å². The van der Waals surface area contributed by atoms with E-state index in [2.05, 4.69) is 15.9 Å². The molecule has 4 nitrogen and oxygen atoms in total. The highest BCUT2D eigenvalue weighted by Gasteiger charge is 2.19. The molecule has 0 spiro atoms. The van der Waals surface area contributed by atoms with Crippen LogP contribution in [0.1, 0.15) is 34.3 Å². The second-order valence-electron chi connectivity index (χ2n) is 6.08. The highest BCUT2D eigenvalue weighted by molar-refractivity contribution is 9.10. The number of hydrogen-bond donors (Lipinski definition) is 0. The highest BCUT2D eigenvalue weighted by atomic mass is 79.9. The van der Waals surface area contributed by atoms with E-state index in [1.54, 1.807) is 30.3 Å². The third kappa shape index (κ3) is 3.00. The lowest BCUT2D eigenvalue weighted by atomic mass is 9.91. The molecule has 126 valence electrons. The van der Waals surface area contributed by atoms with Crippen LogP contribution in [0.4, 0.5) is 0 Å². The topological polar surface area (TPSA) is 56.5 Å². The van der Waals surface area contributed by atoms with Gasteiger partial charge in [-0.2, -0.15) is 0 Å². The second kappa shape index (κ2) is 6.48. The summed E-state index contributed by atoms with van der Waals surface area (Å²) in [5.74, 6) is -0.112. The van der Waals surface area contributed by atoms with E-state index in [1.165, 1.54) is 0 Å². The number of halogens is 1. The number of fused-ring (bicyclic) bond motifs is 3. The summed E-state index contributed by atoms with van der Waals surface area (Å²) in [6, 6.07) is 12.3. The van der Waals surface area contributed by atoms with Crippen LogP contribution in [0.2, 0.25) is 0 Å². The number of carbonyl (C=O) groups is 1. The van der Waals surface area contributed by atoms with Crippen LogP contribution in [0, 0.1) is 0 Å². The Hall–Kier alpha value is -2.40. The standard InChI is InChI=1S/C20H15BrO4/c21-17-8-4-3-7-16(17)20(23)24-12-9-10-14-13-5-1-2-6-15(13)19(22)25-18(14)11-12/h3-4,7-11H,1-2,5-6H2. The quantitative estimate of drug-likeness (QED) is 0.358. The SMILES string of the molecule is O=C(Oc1ccc2c3c(c(=O)oc2c1)CCCC3)c1ccccc1Br. The fraction of sp³-hybridized carbons (Fsp3) is 0.200. The maximum Gasteiger partial charge on any atom is 0.344 e. The Morgan fingerprint density at radius 3 is 2.60 bits per heavy atom. The van der Waals surface area contributed by atoms with Crippen molar-refractivity contribution in [3.05, 3.63) is 74.0 Å². The number of hydrogen-bond acceptors (Lipinski definition) is 4. The predicted molar refractivity (Wildman–Crippen MR) is 98.2 cm³/mol. The molecular formula is C20H15BrO4. The second-order valence-corrected chi connectivity index (χ2v) is 6.94. The summed E-state index contributed by atoms with van der Waals surface area (Å²) in [5.41, 5.74) is 2.48. The monoisotopic (exact) mass is 398 g/mol. The van der Waals surface area contributed by atoms with Gasteiger partial charge in [-0.3, -0.25) is 0 Å². The summed E-state index contributed by atoms with van der Waals surface area (Å²) in [4.78, 5) is 24.5. The molecule has 2 aromatic carbocycles. The third-order valence-electron chi connectivity index (χ3n) is 4.50. The van der Waals surface area contributed by atoms with Crippen molar-refractivity contribution in [3.63, 3.8) is 0 Å². The normalized spacial score (nSPS) is 13.5. The van der Waals surface area contributed by atoms with Gasteiger partial charge in [-0.15, -0.1) is 0 Å². The van der Waals surface area contributed by atoms with Crippen molar-refractivity contribution in [3.8, 4) is 5.75 Å². The minimum atomic E-state index is -0.466.